The van der Waals surface area contributed by atoms with E-state index in [2.05, 4.69) is 12.1 Å². The van der Waals surface area contributed by atoms with Gasteiger partial charge in [0.1, 0.15) is 0 Å². The lowest BCUT2D eigenvalue weighted by Crippen LogP contribution is -2.35. The van der Waals surface area contributed by atoms with E-state index in [-0.39, 0.29) is 18.3 Å². The Labute approximate surface area is 120 Å². The number of rotatable bonds is 2. The molecule has 0 spiro atoms. The lowest BCUT2D eigenvalue weighted by molar-refractivity contribution is -0.137. The molecule has 1 aliphatic heterocycles. The molecule has 104 valence electrons. The second-order valence-electron chi connectivity index (χ2n) is 5.50. The third kappa shape index (κ3) is 2.63. The summed E-state index contributed by atoms with van der Waals surface area (Å²) >= 11 is 0. The number of benzene rings is 1. The monoisotopic (exact) mass is 280 g/mol. The third-order valence-electron chi connectivity index (χ3n) is 4.43. The molecule has 3 nitrogen and oxygen atoms in total. The fourth-order valence-corrected chi connectivity index (χ4v) is 3.37. The molecular formula is C15H21ClN2O. The smallest absolute Gasteiger partial charge is 0.226 e. The van der Waals surface area contributed by atoms with Gasteiger partial charge in [0.15, 0.2) is 0 Å². The van der Waals surface area contributed by atoms with E-state index in [1.807, 2.05) is 17.0 Å². The quantitative estimate of drug-likeness (QED) is 0.904. The van der Waals surface area contributed by atoms with Gasteiger partial charge in [0.25, 0.3) is 0 Å². The molecule has 1 aliphatic carbocycles. The van der Waals surface area contributed by atoms with E-state index in [1.54, 1.807) is 0 Å². The van der Waals surface area contributed by atoms with Crippen LogP contribution in [0.25, 0.3) is 0 Å². The van der Waals surface area contributed by atoms with Gasteiger partial charge < -0.3 is 10.6 Å². The summed E-state index contributed by atoms with van der Waals surface area (Å²) in [6.07, 6.45) is 3.29. The van der Waals surface area contributed by atoms with Gasteiger partial charge in [-0.1, -0.05) is 30.7 Å². The number of nitrogens with zero attached hydrogens (tertiary/aromatic N) is 1. The molecule has 19 heavy (non-hydrogen) atoms. The van der Waals surface area contributed by atoms with Crippen LogP contribution in [0.1, 0.15) is 30.4 Å². The first-order valence-corrected chi connectivity index (χ1v) is 6.85. The summed E-state index contributed by atoms with van der Waals surface area (Å²) in [5, 5.41) is 0. The molecule has 1 saturated carbocycles. The molecule has 0 radical (unpaired) electrons. The van der Waals surface area contributed by atoms with Crippen LogP contribution in [0.4, 0.5) is 0 Å². The molecule has 1 fully saturated rings. The maximum Gasteiger partial charge on any atom is 0.226 e. The maximum absolute atomic E-state index is 12.6. The first kappa shape index (κ1) is 14.4. The largest absolute Gasteiger partial charge is 0.334 e. The van der Waals surface area contributed by atoms with E-state index < -0.39 is 0 Å². The van der Waals surface area contributed by atoms with Gasteiger partial charge in [0.05, 0.1) is 0 Å². The topological polar surface area (TPSA) is 46.3 Å². The number of carbonyl (C=O) groups excluding carboxylic acids is 1. The Morgan fingerprint density at radius 1 is 1.21 bits per heavy atom. The molecule has 1 heterocycles. The molecule has 2 atom stereocenters. The average molecular weight is 281 g/mol. The Hall–Kier alpha value is -1.06. The highest BCUT2D eigenvalue weighted by Gasteiger charge is 2.36. The zero-order chi connectivity index (χ0) is 12.5. The number of hydrogen-bond acceptors (Lipinski definition) is 2. The zero-order valence-corrected chi connectivity index (χ0v) is 11.9. The second-order valence-corrected chi connectivity index (χ2v) is 5.50. The Bertz CT molecular complexity index is 438. The van der Waals surface area contributed by atoms with Crippen molar-refractivity contribution in [2.24, 2.45) is 17.6 Å². The van der Waals surface area contributed by atoms with Crippen LogP contribution in [0.15, 0.2) is 24.3 Å². The number of hydrogen-bond donors (Lipinski definition) is 1. The number of amides is 1. The van der Waals surface area contributed by atoms with Crippen molar-refractivity contribution in [2.45, 2.75) is 32.4 Å². The minimum absolute atomic E-state index is 0. The molecule has 2 aliphatic rings. The van der Waals surface area contributed by atoms with E-state index in [4.69, 9.17) is 5.73 Å². The summed E-state index contributed by atoms with van der Waals surface area (Å²) in [5.74, 6) is 0.893. The van der Waals surface area contributed by atoms with Gasteiger partial charge in [0, 0.05) is 19.0 Å². The lowest BCUT2D eigenvalue weighted by Gasteiger charge is -2.23. The molecule has 0 bridgehead atoms. The summed E-state index contributed by atoms with van der Waals surface area (Å²) in [4.78, 5) is 14.6. The van der Waals surface area contributed by atoms with Crippen molar-refractivity contribution in [1.29, 1.82) is 0 Å². The summed E-state index contributed by atoms with van der Waals surface area (Å²) < 4.78 is 0. The van der Waals surface area contributed by atoms with Crippen LogP contribution in [0.5, 0.6) is 0 Å². The van der Waals surface area contributed by atoms with E-state index in [0.29, 0.717) is 18.4 Å². The first-order valence-electron chi connectivity index (χ1n) is 6.85. The van der Waals surface area contributed by atoms with Crippen LogP contribution in [-0.4, -0.2) is 17.4 Å². The fourth-order valence-electron chi connectivity index (χ4n) is 3.37. The van der Waals surface area contributed by atoms with Crippen molar-refractivity contribution in [1.82, 2.24) is 4.90 Å². The van der Waals surface area contributed by atoms with Gasteiger partial charge >= 0.3 is 0 Å². The summed E-state index contributed by atoms with van der Waals surface area (Å²) in [6, 6.07) is 8.34. The Kier molecular flexibility index (Phi) is 4.48. The van der Waals surface area contributed by atoms with Crippen molar-refractivity contribution < 1.29 is 4.79 Å². The molecule has 1 aromatic rings. The predicted octanol–water partition coefficient (Wildman–Crippen LogP) is 2.33. The van der Waals surface area contributed by atoms with Crippen molar-refractivity contribution in [3.05, 3.63) is 35.4 Å². The highest BCUT2D eigenvalue weighted by atomic mass is 35.5. The molecule has 1 amide bonds. The Morgan fingerprint density at radius 3 is 2.42 bits per heavy atom. The summed E-state index contributed by atoms with van der Waals surface area (Å²) in [6.45, 7) is 2.21. The lowest BCUT2D eigenvalue weighted by atomic mass is 9.95. The minimum Gasteiger partial charge on any atom is -0.334 e. The number of nitrogens with two attached hydrogens (primary N) is 1. The highest BCUT2D eigenvalue weighted by molar-refractivity contribution is 5.85. The normalized spacial score (nSPS) is 25.0. The third-order valence-corrected chi connectivity index (χ3v) is 4.43. The van der Waals surface area contributed by atoms with Crippen LogP contribution >= 0.6 is 12.4 Å². The molecule has 0 unspecified atom stereocenters. The molecule has 0 aromatic heterocycles. The first-order chi connectivity index (χ1) is 8.79. The van der Waals surface area contributed by atoms with Crippen molar-refractivity contribution in [3.63, 3.8) is 0 Å². The van der Waals surface area contributed by atoms with E-state index in [0.717, 1.165) is 32.4 Å². The molecule has 2 N–H and O–H groups in total. The number of fused-ring (bicyclic) bond motifs is 1. The van der Waals surface area contributed by atoms with Gasteiger partial charge in [-0.3, -0.25) is 4.79 Å². The number of halogens is 1. The van der Waals surface area contributed by atoms with Crippen molar-refractivity contribution in [2.75, 3.05) is 6.54 Å². The Balaban J connectivity index is 0.00000133. The van der Waals surface area contributed by atoms with Gasteiger partial charge in [-0.25, -0.2) is 0 Å². The predicted molar refractivity (Wildman–Crippen MR) is 77.8 cm³/mol. The summed E-state index contributed by atoms with van der Waals surface area (Å²) in [7, 11) is 0. The van der Waals surface area contributed by atoms with Crippen LogP contribution in [0, 0.1) is 11.8 Å². The van der Waals surface area contributed by atoms with Crippen LogP contribution in [0.2, 0.25) is 0 Å². The molecule has 4 heteroatoms. The van der Waals surface area contributed by atoms with Gasteiger partial charge in [-0.05, 0) is 36.4 Å². The van der Waals surface area contributed by atoms with E-state index in [9.17, 15) is 4.79 Å². The second kappa shape index (κ2) is 5.93. The maximum atomic E-state index is 12.6. The fraction of sp³-hybridized carbons (Fsp3) is 0.533. The zero-order valence-electron chi connectivity index (χ0n) is 11.0. The molecular weight excluding hydrogens is 260 g/mol. The molecule has 1 aromatic carbocycles. The van der Waals surface area contributed by atoms with Crippen LogP contribution < -0.4 is 5.73 Å². The molecule has 0 saturated heterocycles. The SMILES string of the molecule is Cl.NC[C@H]1CCC[C@H]1C(=O)N1Cc2ccccc2C1. The number of carbonyl (C=O) groups is 1. The van der Waals surface area contributed by atoms with E-state index >= 15 is 0 Å². The van der Waals surface area contributed by atoms with Gasteiger partial charge in [-0.15, -0.1) is 12.4 Å². The van der Waals surface area contributed by atoms with Gasteiger partial charge in [0.2, 0.25) is 5.91 Å². The van der Waals surface area contributed by atoms with Crippen molar-refractivity contribution >= 4 is 18.3 Å². The van der Waals surface area contributed by atoms with E-state index in [1.165, 1.54) is 11.1 Å². The van der Waals surface area contributed by atoms with Crippen LogP contribution in [-0.2, 0) is 17.9 Å². The minimum atomic E-state index is 0. The van der Waals surface area contributed by atoms with Crippen molar-refractivity contribution in [3.8, 4) is 0 Å². The highest BCUT2D eigenvalue weighted by Crippen LogP contribution is 2.34. The average Bonchev–Trinajstić information content (AvgIpc) is 3.03. The molecule has 3 rings (SSSR count). The van der Waals surface area contributed by atoms with Crippen LogP contribution in [0.3, 0.4) is 0 Å². The standard InChI is InChI=1S/C15H20N2O.ClH/c16-8-11-6-3-7-14(11)15(18)17-9-12-4-1-2-5-13(12)10-17;/h1-2,4-5,11,14H,3,6-10,16H2;1H/t11-,14-;/m1./s1. The Morgan fingerprint density at radius 2 is 1.84 bits per heavy atom. The van der Waals surface area contributed by atoms with Gasteiger partial charge in [-0.2, -0.15) is 0 Å². The summed E-state index contributed by atoms with van der Waals surface area (Å²) in [5.41, 5.74) is 8.37.